The highest BCUT2D eigenvalue weighted by Crippen LogP contribution is 2.14. The minimum Gasteiger partial charge on any atom is -0.497 e. The van der Waals surface area contributed by atoms with E-state index in [9.17, 15) is 4.79 Å². The maximum Gasteiger partial charge on any atom is 0.241 e. The molecule has 0 atom stereocenters. The fourth-order valence-electron chi connectivity index (χ4n) is 2.21. The van der Waals surface area contributed by atoms with Crippen LogP contribution in [0, 0.1) is 0 Å². The molecule has 2 N–H and O–H groups in total. The molecule has 0 heterocycles. The number of carbonyl (C=O) groups is 1. The van der Waals surface area contributed by atoms with E-state index in [1.54, 1.807) is 21.2 Å². The van der Waals surface area contributed by atoms with E-state index in [1.807, 2.05) is 48.5 Å². The van der Waals surface area contributed by atoms with E-state index < -0.39 is 0 Å². The third-order valence-electron chi connectivity index (χ3n) is 3.89. The van der Waals surface area contributed by atoms with Gasteiger partial charge in [0.1, 0.15) is 5.75 Å². The molecule has 0 unspecified atom stereocenters. The Morgan fingerprint density at radius 1 is 1.11 bits per heavy atom. The highest BCUT2D eigenvalue weighted by Gasteiger charge is 2.07. The molecular weight excluding hydrogens is 364 g/mol. The molecule has 0 bridgehead atoms. The lowest BCUT2D eigenvalue weighted by Crippen LogP contribution is -2.42. The summed E-state index contributed by atoms with van der Waals surface area (Å²) in [6.07, 6.45) is 0. The molecule has 2 rings (SSSR count). The van der Waals surface area contributed by atoms with Crippen LogP contribution in [0.4, 0.5) is 0 Å². The number of methoxy groups -OCH3 is 1. The van der Waals surface area contributed by atoms with Crippen LogP contribution in [0.2, 0.25) is 5.02 Å². The zero-order chi connectivity index (χ0) is 19.6. The lowest BCUT2D eigenvalue weighted by atomic mass is 10.2. The lowest BCUT2D eigenvalue weighted by molar-refractivity contribution is -0.127. The van der Waals surface area contributed by atoms with Gasteiger partial charge in [-0.2, -0.15) is 0 Å². The summed E-state index contributed by atoms with van der Waals surface area (Å²) in [5, 5.41) is 6.97. The molecule has 0 spiro atoms. The molecule has 0 saturated carbocycles. The molecule has 0 aliphatic carbocycles. The van der Waals surface area contributed by atoms with Crippen LogP contribution in [0.5, 0.6) is 5.75 Å². The number of likely N-dealkylation sites (N-methyl/N-ethyl adjacent to an activating group) is 1. The van der Waals surface area contributed by atoms with Crippen molar-refractivity contribution in [1.29, 1.82) is 0 Å². The van der Waals surface area contributed by atoms with Gasteiger partial charge in [0.2, 0.25) is 5.91 Å². The van der Waals surface area contributed by atoms with Gasteiger partial charge in [-0.1, -0.05) is 41.9 Å². The highest BCUT2D eigenvalue weighted by atomic mass is 35.5. The van der Waals surface area contributed by atoms with Crippen LogP contribution < -0.4 is 15.4 Å². The Kier molecular flexibility index (Phi) is 7.95. The van der Waals surface area contributed by atoms with Gasteiger partial charge in [-0.05, 0) is 29.3 Å². The number of hydrogen-bond acceptors (Lipinski definition) is 3. The summed E-state index contributed by atoms with van der Waals surface area (Å²) in [4.78, 5) is 18.0. The summed E-state index contributed by atoms with van der Waals surface area (Å²) in [6, 6.07) is 15.3. The summed E-state index contributed by atoms with van der Waals surface area (Å²) >= 11 is 6.21. The number of nitrogens with one attached hydrogen (secondary N) is 2. The van der Waals surface area contributed by atoms with Gasteiger partial charge < -0.3 is 20.3 Å². The SMILES string of the molecule is COc1ccc(CN=C(NCC(=O)N(C)C)NCc2ccccc2Cl)cc1. The minimum atomic E-state index is -0.0355. The summed E-state index contributed by atoms with van der Waals surface area (Å²) in [6.45, 7) is 1.13. The average molecular weight is 389 g/mol. The van der Waals surface area contributed by atoms with Gasteiger partial charge in [0.25, 0.3) is 0 Å². The Morgan fingerprint density at radius 2 is 1.81 bits per heavy atom. The Hall–Kier alpha value is -2.73. The van der Waals surface area contributed by atoms with Crippen molar-refractivity contribution in [2.24, 2.45) is 4.99 Å². The molecule has 0 aliphatic rings. The van der Waals surface area contributed by atoms with Crippen molar-refractivity contribution in [2.45, 2.75) is 13.1 Å². The first-order chi connectivity index (χ1) is 13.0. The smallest absolute Gasteiger partial charge is 0.241 e. The molecule has 2 aromatic rings. The maximum atomic E-state index is 11.9. The third-order valence-corrected chi connectivity index (χ3v) is 4.26. The molecule has 0 aromatic heterocycles. The first-order valence-electron chi connectivity index (χ1n) is 8.58. The van der Waals surface area contributed by atoms with Crippen molar-refractivity contribution in [3.05, 3.63) is 64.7 Å². The average Bonchev–Trinajstić information content (AvgIpc) is 2.68. The zero-order valence-electron chi connectivity index (χ0n) is 15.8. The van der Waals surface area contributed by atoms with Crippen LogP contribution >= 0.6 is 11.6 Å². The maximum absolute atomic E-state index is 11.9. The van der Waals surface area contributed by atoms with Crippen molar-refractivity contribution >= 4 is 23.5 Å². The van der Waals surface area contributed by atoms with Gasteiger partial charge in [0.15, 0.2) is 5.96 Å². The van der Waals surface area contributed by atoms with Crippen molar-refractivity contribution in [1.82, 2.24) is 15.5 Å². The normalized spacial score (nSPS) is 11.0. The number of amides is 1. The van der Waals surface area contributed by atoms with E-state index in [1.165, 1.54) is 4.90 Å². The quantitative estimate of drug-likeness (QED) is 0.565. The molecule has 144 valence electrons. The van der Waals surface area contributed by atoms with Crippen molar-refractivity contribution in [3.63, 3.8) is 0 Å². The van der Waals surface area contributed by atoms with Crippen LogP contribution in [0.25, 0.3) is 0 Å². The van der Waals surface area contributed by atoms with Crippen LogP contribution in [0.3, 0.4) is 0 Å². The second-order valence-corrected chi connectivity index (χ2v) is 6.51. The van der Waals surface area contributed by atoms with E-state index in [0.29, 0.717) is 24.1 Å². The summed E-state index contributed by atoms with van der Waals surface area (Å²) in [5.41, 5.74) is 1.99. The Balaban J connectivity index is 2.04. The number of guanidine groups is 1. The monoisotopic (exact) mass is 388 g/mol. The summed E-state index contributed by atoms with van der Waals surface area (Å²) < 4.78 is 5.17. The number of aliphatic imine (C=N–C) groups is 1. The Labute approximate surface area is 165 Å². The summed E-state index contributed by atoms with van der Waals surface area (Å²) in [5.74, 6) is 1.31. The predicted molar refractivity (Wildman–Crippen MR) is 109 cm³/mol. The number of carbonyl (C=O) groups excluding carboxylic acids is 1. The minimum absolute atomic E-state index is 0.0355. The fraction of sp³-hybridized carbons (Fsp3) is 0.300. The van der Waals surface area contributed by atoms with Crippen LogP contribution in [0.1, 0.15) is 11.1 Å². The summed E-state index contributed by atoms with van der Waals surface area (Å²) in [7, 11) is 5.07. The highest BCUT2D eigenvalue weighted by molar-refractivity contribution is 6.31. The molecule has 1 amide bonds. The van der Waals surface area contributed by atoms with E-state index in [0.717, 1.165) is 16.9 Å². The number of nitrogens with zero attached hydrogens (tertiary/aromatic N) is 2. The third kappa shape index (κ3) is 6.83. The van der Waals surface area contributed by atoms with Gasteiger partial charge in [-0.3, -0.25) is 4.79 Å². The van der Waals surface area contributed by atoms with Gasteiger partial charge >= 0.3 is 0 Å². The topological polar surface area (TPSA) is 66.0 Å². The van der Waals surface area contributed by atoms with Crippen molar-refractivity contribution in [3.8, 4) is 5.75 Å². The standard InChI is InChI=1S/C20H25ClN4O2/c1-25(2)19(26)14-24-20(23-13-16-6-4-5-7-18(16)21)22-12-15-8-10-17(27-3)11-9-15/h4-11H,12-14H2,1-3H3,(H2,22,23,24). The molecule has 0 aliphatic heterocycles. The molecule has 0 saturated heterocycles. The van der Waals surface area contributed by atoms with E-state index >= 15 is 0 Å². The van der Waals surface area contributed by atoms with Crippen LogP contribution in [-0.4, -0.2) is 44.5 Å². The van der Waals surface area contributed by atoms with Gasteiger partial charge in [0.05, 0.1) is 20.2 Å². The zero-order valence-corrected chi connectivity index (χ0v) is 16.6. The first-order valence-corrected chi connectivity index (χ1v) is 8.96. The van der Waals surface area contributed by atoms with Gasteiger partial charge in [-0.25, -0.2) is 4.99 Å². The second-order valence-electron chi connectivity index (χ2n) is 6.10. The first kappa shape index (κ1) is 20.6. The number of halogens is 1. The molecular formula is C20H25ClN4O2. The van der Waals surface area contributed by atoms with Gasteiger partial charge in [0, 0.05) is 25.7 Å². The van der Waals surface area contributed by atoms with E-state index in [2.05, 4.69) is 15.6 Å². The molecule has 0 fully saturated rings. The lowest BCUT2D eigenvalue weighted by Gasteiger charge is -2.15. The fourth-order valence-corrected chi connectivity index (χ4v) is 2.42. The predicted octanol–water partition coefficient (Wildman–Crippen LogP) is 2.67. The molecule has 7 heteroatoms. The number of hydrogen-bond donors (Lipinski definition) is 2. The van der Waals surface area contributed by atoms with Crippen LogP contribution in [-0.2, 0) is 17.9 Å². The van der Waals surface area contributed by atoms with Crippen molar-refractivity contribution in [2.75, 3.05) is 27.7 Å². The molecule has 2 aromatic carbocycles. The largest absolute Gasteiger partial charge is 0.497 e. The number of benzene rings is 2. The Bertz CT molecular complexity index is 776. The van der Waals surface area contributed by atoms with Crippen molar-refractivity contribution < 1.29 is 9.53 Å². The van der Waals surface area contributed by atoms with E-state index in [-0.39, 0.29) is 12.5 Å². The molecule has 0 radical (unpaired) electrons. The number of rotatable bonds is 7. The molecule has 27 heavy (non-hydrogen) atoms. The van der Waals surface area contributed by atoms with E-state index in [4.69, 9.17) is 16.3 Å². The van der Waals surface area contributed by atoms with Gasteiger partial charge in [-0.15, -0.1) is 0 Å². The molecule has 6 nitrogen and oxygen atoms in total. The number of ether oxygens (including phenoxy) is 1. The second kappa shape index (κ2) is 10.4. The Morgan fingerprint density at radius 3 is 2.44 bits per heavy atom. The van der Waals surface area contributed by atoms with Crippen LogP contribution in [0.15, 0.2) is 53.5 Å².